The van der Waals surface area contributed by atoms with E-state index in [-0.39, 0.29) is 17.7 Å². The van der Waals surface area contributed by atoms with E-state index in [4.69, 9.17) is 17.2 Å². The minimum Gasteiger partial charge on any atom is -0.509 e. The number of nitrogens with zero attached hydrogens (tertiary/aromatic N) is 3. The van der Waals surface area contributed by atoms with Crippen molar-refractivity contribution in [3.63, 3.8) is 0 Å². The lowest BCUT2D eigenvalue weighted by Gasteiger charge is -2.58. The van der Waals surface area contributed by atoms with Gasteiger partial charge in [-0.05, 0) is 62.8 Å². The highest BCUT2D eigenvalue weighted by Gasteiger charge is 2.74. The second-order valence-corrected chi connectivity index (χ2v) is 12.8. The number of nitrogens with two attached hydrogens (primary N) is 3. The van der Waals surface area contributed by atoms with Gasteiger partial charge in [0.15, 0.2) is 22.1 Å². The van der Waals surface area contributed by atoms with Crippen LogP contribution in [0.3, 0.4) is 0 Å². The Morgan fingerprint density at radius 2 is 1.83 bits per heavy atom. The molecule has 1 fully saturated rings. The van der Waals surface area contributed by atoms with Crippen LogP contribution in [0.2, 0.25) is 0 Å². The molecular formula is C31H28FN7O6S. The lowest BCUT2D eigenvalue weighted by atomic mass is 9.47. The molecular weight excluding hydrogens is 617 g/mol. The van der Waals surface area contributed by atoms with Crippen molar-refractivity contribution in [1.29, 1.82) is 5.26 Å². The summed E-state index contributed by atoms with van der Waals surface area (Å²) >= 11 is 1.20. The third kappa shape index (κ3) is 4.01. The molecule has 3 aromatic rings. The van der Waals surface area contributed by atoms with Crippen molar-refractivity contribution in [2.75, 3.05) is 19.4 Å². The van der Waals surface area contributed by atoms with Crippen molar-refractivity contribution < 1.29 is 34.1 Å². The summed E-state index contributed by atoms with van der Waals surface area (Å²) in [6.07, 6.45) is -0.621. The summed E-state index contributed by atoms with van der Waals surface area (Å²) in [5, 5.41) is 49.9. The number of nitriles is 1. The van der Waals surface area contributed by atoms with Crippen LogP contribution in [-0.4, -0.2) is 73.9 Å². The average Bonchev–Trinajstić information content (AvgIpc) is 3.42. The number of rotatable bonds is 5. The van der Waals surface area contributed by atoms with Gasteiger partial charge in [0, 0.05) is 10.9 Å². The highest BCUT2D eigenvalue weighted by Crippen LogP contribution is 2.58. The Labute approximate surface area is 265 Å². The number of aromatic nitrogens is 1. The first-order chi connectivity index (χ1) is 21.6. The number of carbonyl (C=O) groups is 3. The Kier molecular flexibility index (Phi) is 6.84. The number of amides is 1. The highest BCUT2D eigenvalue weighted by molar-refractivity contribution is 7.14. The number of hydrogen-bond acceptors (Lipinski definition) is 13. The summed E-state index contributed by atoms with van der Waals surface area (Å²) in [6, 6.07) is 9.11. The van der Waals surface area contributed by atoms with Crippen molar-refractivity contribution in [2.24, 2.45) is 22.6 Å². The van der Waals surface area contributed by atoms with E-state index in [1.54, 1.807) is 29.6 Å². The largest absolute Gasteiger partial charge is 0.509 e. The van der Waals surface area contributed by atoms with E-state index in [2.05, 4.69) is 10.3 Å². The Hall–Kier alpha value is -5.14. The number of thiazole rings is 1. The van der Waals surface area contributed by atoms with Crippen LogP contribution in [-0.2, 0) is 20.8 Å². The smallest absolute Gasteiger partial charge is 0.255 e. The number of Topliss-reactive ketones (excluding diaryl/α,β-unsaturated/α-hetero) is 2. The molecule has 0 radical (unpaired) electrons. The molecule has 3 aliphatic rings. The Bertz CT molecular complexity index is 1980. The number of nitrogens with one attached hydrogen (secondary N) is 1. The minimum atomic E-state index is -2.74. The summed E-state index contributed by atoms with van der Waals surface area (Å²) in [4.78, 5) is 46.1. The van der Waals surface area contributed by atoms with Gasteiger partial charge in [-0.3, -0.25) is 19.3 Å². The van der Waals surface area contributed by atoms with Gasteiger partial charge in [0.25, 0.3) is 5.91 Å². The molecule has 0 unspecified atom stereocenters. The Morgan fingerprint density at radius 1 is 1.15 bits per heavy atom. The number of likely N-dealkylation sites (N-methyl/N-ethyl adjacent to an activating group) is 1. The maximum absolute atomic E-state index is 14.5. The van der Waals surface area contributed by atoms with Gasteiger partial charge in [0.2, 0.25) is 0 Å². The number of carbonyl (C=O) groups excluding carboxylic acids is 3. The van der Waals surface area contributed by atoms with E-state index in [1.165, 1.54) is 48.5 Å². The molecule has 1 amide bonds. The first-order valence-corrected chi connectivity index (χ1v) is 14.7. The van der Waals surface area contributed by atoms with Gasteiger partial charge in [-0.2, -0.15) is 5.26 Å². The van der Waals surface area contributed by atoms with Crippen LogP contribution in [0.5, 0.6) is 5.75 Å². The number of ketones is 2. The quantitative estimate of drug-likeness (QED) is 0.155. The molecule has 10 N–H and O–H groups in total. The van der Waals surface area contributed by atoms with Gasteiger partial charge in [-0.15, -0.1) is 11.3 Å². The van der Waals surface area contributed by atoms with Crippen LogP contribution in [0, 0.1) is 22.6 Å². The van der Waals surface area contributed by atoms with Crippen molar-refractivity contribution in [1.82, 2.24) is 9.88 Å². The molecule has 0 aliphatic heterocycles. The fraction of sp³-hybridized carbons (Fsp3) is 0.258. The number of aromatic hydroxyl groups is 1. The Balaban J connectivity index is 1.48. The number of primary amides is 1. The number of halogens is 1. The van der Waals surface area contributed by atoms with Crippen molar-refractivity contribution in [3.8, 4) is 23.1 Å². The lowest BCUT2D eigenvalue weighted by Crippen LogP contribution is -2.80. The topological polar surface area (TPSA) is 242 Å². The number of anilines is 2. The van der Waals surface area contributed by atoms with Crippen LogP contribution < -0.4 is 22.5 Å². The fourth-order valence-corrected chi connectivity index (χ4v) is 7.85. The van der Waals surface area contributed by atoms with Crippen molar-refractivity contribution in [2.45, 2.75) is 30.0 Å². The number of phenols is 1. The molecule has 6 rings (SSSR count). The maximum Gasteiger partial charge on any atom is 0.255 e. The molecule has 4 atom stereocenters. The first kappa shape index (κ1) is 30.9. The first-order valence-electron chi connectivity index (χ1n) is 13.9. The number of fused-ring (bicyclic) bond motifs is 3. The number of phenolic OH excluding ortho intramolecular Hbond substituents is 1. The zero-order valence-corrected chi connectivity index (χ0v) is 25.3. The van der Waals surface area contributed by atoms with Gasteiger partial charge in [-0.25, -0.2) is 9.37 Å². The SMILES string of the molecule is CN(C)[C@@H]1C(=O)C(C(N)=O)=C(O)[C@@]2(C#N)C(=O)C3=C(O)c4c(ccc(Nc5nc(-c6ccc(F)cc6)cs5)c4O)C[C@@]3(N)C[C@@]12N. The summed E-state index contributed by atoms with van der Waals surface area (Å²) in [7, 11) is 2.90. The number of hydrogen-bond donors (Lipinski definition) is 7. The minimum absolute atomic E-state index is 0.108. The molecule has 1 heterocycles. The molecule has 1 aromatic heterocycles. The van der Waals surface area contributed by atoms with Gasteiger partial charge in [0.05, 0.1) is 45.7 Å². The molecule has 13 nitrogen and oxygen atoms in total. The van der Waals surface area contributed by atoms with E-state index < -0.39 is 80.7 Å². The van der Waals surface area contributed by atoms with Crippen LogP contribution >= 0.6 is 11.3 Å². The molecule has 1 saturated carbocycles. The van der Waals surface area contributed by atoms with E-state index in [9.17, 15) is 39.4 Å². The summed E-state index contributed by atoms with van der Waals surface area (Å²) < 4.78 is 13.4. The van der Waals surface area contributed by atoms with Gasteiger partial charge in [0.1, 0.15) is 28.7 Å². The van der Waals surface area contributed by atoms with Gasteiger partial charge in [-0.1, -0.05) is 6.07 Å². The standard InChI is InChI=1S/C31H28FN7O6S/c1-39(2)24-23(42)19(27(34)45)25(43)30(12-33)26(44)20-22(41)18-14(9-29(20,35)11-31(24,30)36)5-8-16(21(18)40)37-28-38-17(10-46-28)13-3-6-15(32)7-4-13/h3-8,10,24,40-41,43H,9,11,35-36H2,1-2H3,(H2,34,45)(H,37,38)/t24-,29-,30+,31-/m1/s1. The van der Waals surface area contributed by atoms with E-state index in [0.717, 1.165) is 0 Å². The number of aliphatic hydroxyl groups excluding tert-OH is 2. The van der Waals surface area contributed by atoms with Crippen molar-refractivity contribution in [3.05, 3.63) is 75.6 Å². The van der Waals surface area contributed by atoms with Crippen LogP contribution in [0.1, 0.15) is 17.5 Å². The lowest BCUT2D eigenvalue weighted by molar-refractivity contribution is -0.139. The van der Waals surface area contributed by atoms with Crippen LogP contribution in [0.4, 0.5) is 15.2 Å². The molecule has 46 heavy (non-hydrogen) atoms. The summed E-state index contributed by atoms with van der Waals surface area (Å²) in [5.74, 6) is -6.41. The Morgan fingerprint density at radius 3 is 2.43 bits per heavy atom. The molecule has 3 aliphatic carbocycles. The second-order valence-electron chi connectivity index (χ2n) is 11.9. The van der Waals surface area contributed by atoms with Crippen LogP contribution in [0.25, 0.3) is 17.0 Å². The average molecular weight is 646 g/mol. The number of aliphatic hydroxyl groups is 2. The summed E-state index contributed by atoms with van der Waals surface area (Å²) in [6.45, 7) is 0. The molecule has 0 saturated heterocycles. The van der Waals surface area contributed by atoms with E-state index in [1.807, 2.05) is 0 Å². The predicted octanol–water partition coefficient (Wildman–Crippen LogP) is 1.91. The van der Waals surface area contributed by atoms with Crippen LogP contribution in [0.15, 0.2) is 58.7 Å². The normalized spacial score (nSPS) is 27.2. The highest BCUT2D eigenvalue weighted by atomic mass is 32.1. The maximum atomic E-state index is 14.5. The van der Waals surface area contributed by atoms with Gasteiger partial charge >= 0.3 is 0 Å². The predicted molar refractivity (Wildman–Crippen MR) is 165 cm³/mol. The van der Waals surface area contributed by atoms with Crippen molar-refractivity contribution >= 4 is 45.4 Å². The van der Waals surface area contributed by atoms with E-state index >= 15 is 0 Å². The number of benzene rings is 2. The summed E-state index contributed by atoms with van der Waals surface area (Å²) in [5.41, 5.74) is 12.4. The molecule has 236 valence electrons. The zero-order chi connectivity index (χ0) is 33.5. The molecule has 0 bridgehead atoms. The zero-order valence-electron chi connectivity index (χ0n) is 24.5. The third-order valence-electron chi connectivity index (χ3n) is 9.01. The second kappa shape index (κ2) is 10.2. The molecule has 15 heteroatoms. The third-order valence-corrected chi connectivity index (χ3v) is 9.76. The van der Waals surface area contributed by atoms with E-state index in [0.29, 0.717) is 22.0 Å². The van der Waals surface area contributed by atoms with Gasteiger partial charge < -0.3 is 37.8 Å². The monoisotopic (exact) mass is 645 g/mol. The molecule has 2 aromatic carbocycles. The molecule has 0 spiro atoms. The fourth-order valence-electron chi connectivity index (χ4n) is 7.12.